The van der Waals surface area contributed by atoms with E-state index < -0.39 is 4.92 Å². The Labute approximate surface area is 91.4 Å². The van der Waals surface area contributed by atoms with Gasteiger partial charge in [-0.2, -0.15) is 0 Å². The molecule has 0 spiro atoms. The van der Waals surface area contributed by atoms with Crippen LogP contribution in [-0.2, 0) is 5.41 Å². The molecule has 2 aromatic rings. The van der Waals surface area contributed by atoms with Gasteiger partial charge in [0, 0.05) is 6.07 Å². The van der Waals surface area contributed by atoms with Crippen LogP contribution in [0.5, 0.6) is 0 Å². The quantitative estimate of drug-likeness (QED) is 0.545. The van der Waals surface area contributed by atoms with Crippen LogP contribution in [0.1, 0.15) is 26.3 Å². The van der Waals surface area contributed by atoms with E-state index in [2.05, 4.69) is 14.9 Å². The first-order valence-corrected chi connectivity index (χ1v) is 4.81. The molecule has 6 heteroatoms. The molecule has 1 aromatic carbocycles. The monoisotopic (exact) mass is 221 g/mol. The van der Waals surface area contributed by atoms with Crippen LogP contribution in [-0.4, -0.2) is 15.2 Å². The molecule has 0 fully saturated rings. The summed E-state index contributed by atoms with van der Waals surface area (Å²) in [6.45, 7) is 6.01. The molecular formula is C10H11N3O3. The van der Waals surface area contributed by atoms with E-state index in [9.17, 15) is 10.1 Å². The molecule has 0 saturated heterocycles. The third-order valence-electron chi connectivity index (χ3n) is 2.40. The van der Waals surface area contributed by atoms with Gasteiger partial charge in [0.1, 0.15) is 5.52 Å². The number of hydrogen-bond acceptors (Lipinski definition) is 5. The van der Waals surface area contributed by atoms with Gasteiger partial charge in [0.15, 0.2) is 0 Å². The lowest BCUT2D eigenvalue weighted by atomic mass is 9.86. The zero-order valence-corrected chi connectivity index (χ0v) is 9.22. The Morgan fingerprint density at radius 2 is 1.88 bits per heavy atom. The van der Waals surface area contributed by atoms with Gasteiger partial charge < -0.3 is 0 Å². The Kier molecular flexibility index (Phi) is 2.15. The number of nitro benzene ring substituents is 1. The number of aromatic nitrogens is 2. The van der Waals surface area contributed by atoms with Gasteiger partial charge in [-0.3, -0.25) is 10.1 Å². The van der Waals surface area contributed by atoms with Crippen molar-refractivity contribution in [2.75, 3.05) is 0 Å². The van der Waals surface area contributed by atoms with E-state index in [4.69, 9.17) is 0 Å². The summed E-state index contributed by atoms with van der Waals surface area (Å²) >= 11 is 0. The summed E-state index contributed by atoms with van der Waals surface area (Å²) in [5.74, 6) is 0. The number of benzene rings is 1. The molecule has 0 radical (unpaired) electrons. The average Bonchev–Trinajstić information content (AvgIpc) is 2.61. The third kappa shape index (κ3) is 1.52. The van der Waals surface area contributed by atoms with Crippen LogP contribution in [0.15, 0.2) is 16.8 Å². The van der Waals surface area contributed by atoms with Crippen LogP contribution in [0, 0.1) is 10.1 Å². The SMILES string of the molecule is CC(C)(C)c1ccc([N+](=O)[O-])c2nonc12. The summed E-state index contributed by atoms with van der Waals surface area (Å²) < 4.78 is 4.59. The van der Waals surface area contributed by atoms with Crippen LogP contribution in [0.25, 0.3) is 11.0 Å². The molecule has 0 aliphatic rings. The van der Waals surface area contributed by atoms with Gasteiger partial charge in [0.05, 0.1) is 4.92 Å². The fourth-order valence-electron chi connectivity index (χ4n) is 1.61. The Hall–Kier alpha value is -1.98. The van der Waals surface area contributed by atoms with Crippen molar-refractivity contribution in [2.24, 2.45) is 0 Å². The fraction of sp³-hybridized carbons (Fsp3) is 0.400. The van der Waals surface area contributed by atoms with E-state index in [1.54, 1.807) is 6.07 Å². The maximum atomic E-state index is 10.8. The molecule has 0 aliphatic carbocycles. The first kappa shape index (κ1) is 10.5. The zero-order chi connectivity index (χ0) is 11.9. The van der Waals surface area contributed by atoms with Crippen LogP contribution < -0.4 is 0 Å². The van der Waals surface area contributed by atoms with E-state index in [0.717, 1.165) is 5.56 Å². The molecule has 84 valence electrons. The molecule has 1 heterocycles. The second kappa shape index (κ2) is 3.26. The van der Waals surface area contributed by atoms with Crippen molar-refractivity contribution in [1.29, 1.82) is 0 Å². The smallest absolute Gasteiger partial charge is 0.258 e. The first-order chi connectivity index (χ1) is 7.41. The van der Waals surface area contributed by atoms with Crippen molar-refractivity contribution in [3.63, 3.8) is 0 Å². The second-order valence-electron chi connectivity index (χ2n) is 4.60. The molecule has 0 saturated carbocycles. The van der Waals surface area contributed by atoms with Crippen LogP contribution in [0.3, 0.4) is 0 Å². The molecule has 0 unspecified atom stereocenters. The highest BCUT2D eigenvalue weighted by Crippen LogP contribution is 2.32. The highest BCUT2D eigenvalue weighted by molar-refractivity contribution is 5.86. The van der Waals surface area contributed by atoms with E-state index in [0.29, 0.717) is 5.52 Å². The van der Waals surface area contributed by atoms with E-state index in [1.807, 2.05) is 20.8 Å². The molecule has 2 rings (SSSR count). The lowest BCUT2D eigenvalue weighted by Gasteiger charge is -2.18. The molecule has 0 atom stereocenters. The van der Waals surface area contributed by atoms with Crippen LogP contribution >= 0.6 is 0 Å². The van der Waals surface area contributed by atoms with Crippen molar-refractivity contribution in [2.45, 2.75) is 26.2 Å². The number of rotatable bonds is 1. The fourth-order valence-corrected chi connectivity index (χ4v) is 1.61. The van der Waals surface area contributed by atoms with Gasteiger partial charge in [-0.25, -0.2) is 4.63 Å². The van der Waals surface area contributed by atoms with Crippen molar-refractivity contribution in [3.8, 4) is 0 Å². The average molecular weight is 221 g/mol. The van der Waals surface area contributed by atoms with Crippen LogP contribution in [0.2, 0.25) is 0 Å². The van der Waals surface area contributed by atoms with Gasteiger partial charge in [0.25, 0.3) is 0 Å². The van der Waals surface area contributed by atoms with E-state index in [-0.39, 0.29) is 16.6 Å². The molecule has 0 amide bonds. The predicted octanol–water partition coefficient (Wildman–Crippen LogP) is 2.43. The molecule has 16 heavy (non-hydrogen) atoms. The van der Waals surface area contributed by atoms with Gasteiger partial charge in [0.2, 0.25) is 5.52 Å². The summed E-state index contributed by atoms with van der Waals surface area (Å²) in [5.41, 5.74) is 1.31. The zero-order valence-electron chi connectivity index (χ0n) is 9.22. The number of nitrogens with zero attached hydrogens (tertiary/aromatic N) is 3. The van der Waals surface area contributed by atoms with E-state index in [1.165, 1.54) is 6.07 Å². The van der Waals surface area contributed by atoms with Crippen LogP contribution in [0.4, 0.5) is 5.69 Å². The number of nitro groups is 1. The Morgan fingerprint density at radius 3 is 2.44 bits per heavy atom. The minimum absolute atomic E-state index is 0.0794. The summed E-state index contributed by atoms with van der Waals surface area (Å²) in [4.78, 5) is 10.3. The van der Waals surface area contributed by atoms with Gasteiger partial charge in [-0.05, 0) is 27.4 Å². The summed E-state index contributed by atoms with van der Waals surface area (Å²) in [5, 5.41) is 18.1. The van der Waals surface area contributed by atoms with Crippen molar-refractivity contribution < 1.29 is 9.55 Å². The Morgan fingerprint density at radius 1 is 1.25 bits per heavy atom. The molecule has 0 aliphatic heterocycles. The maximum absolute atomic E-state index is 10.8. The van der Waals surface area contributed by atoms with Crippen molar-refractivity contribution in [1.82, 2.24) is 10.3 Å². The maximum Gasteiger partial charge on any atom is 0.300 e. The standard InChI is InChI=1S/C10H11N3O3/c1-10(2,3)6-4-5-7(13(14)15)9-8(6)11-16-12-9/h4-5H,1-3H3. The topological polar surface area (TPSA) is 82.1 Å². The summed E-state index contributed by atoms with van der Waals surface area (Å²) in [7, 11) is 0. The molecule has 0 bridgehead atoms. The van der Waals surface area contributed by atoms with E-state index >= 15 is 0 Å². The molecular weight excluding hydrogens is 210 g/mol. The van der Waals surface area contributed by atoms with Crippen molar-refractivity contribution in [3.05, 3.63) is 27.8 Å². The second-order valence-corrected chi connectivity index (χ2v) is 4.60. The molecule has 0 N–H and O–H groups in total. The number of non-ortho nitro benzene ring substituents is 1. The highest BCUT2D eigenvalue weighted by Gasteiger charge is 2.25. The lowest BCUT2D eigenvalue weighted by Crippen LogP contribution is -2.12. The van der Waals surface area contributed by atoms with Gasteiger partial charge in [-0.15, -0.1) is 0 Å². The first-order valence-electron chi connectivity index (χ1n) is 4.81. The summed E-state index contributed by atoms with van der Waals surface area (Å²) in [6, 6.07) is 3.14. The predicted molar refractivity (Wildman–Crippen MR) is 57.2 cm³/mol. The minimum atomic E-state index is -0.487. The molecule has 6 nitrogen and oxygen atoms in total. The van der Waals surface area contributed by atoms with Gasteiger partial charge in [-0.1, -0.05) is 20.8 Å². The molecule has 1 aromatic heterocycles. The van der Waals surface area contributed by atoms with Crippen molar-refractivity contribution >= 4 is 16.7 Å². The lowest BCUT2D eigenvalue weighted by molar-refractivity contribution is -0.383. The summed E-state index contributed by atoms with van der Waals surface area (Å²) in [6.07, 6.45) is 0. The Balaban J connectivity index is 2.79. The van der Waals surface area contributed by atoms with Gasteiger partial charge >= 0.3 is 5.69 Å². The third-order valence-corrected chi connectivity index (χ3v) is 2.40. The Bertz CT molecular complexity index is 554. The number of hydrogen-bond donors (Lipinski definition) is 0. The highest BCUT2D eigenvalue weighted by atomic mass is 16.6. The normalized spacial score (nSPS) is 11.9. The number of fused-ring (bicyclic) bond motifs is 1. The largest absolute Gasteiger partial charge is 0.300 e. The minimum Gasteiger partial charge on any atom is -0.258 e.